The number of benzene rings is 2. The van der Waals surface area contributed by atoms with E-state index in [1.165, 1.54) is 19.2 Å². The molecule has 5 heteroatoms. The smallest absolute Gasteiger partial charge is 0.342 e. The third-order valence-electron chi connectivity index (χ3n) is 4.19. The van der Waals surface area contributed by atoms with Crippen LogP contribution in [0.15, 0.2) is 42.0 Å². The van der Waals surface area contributed by atoms with Gasteiger partial charge in [0, 0.05) is 5.56 Å². The van der Waals surface area contributed by atoms with Gasteiger partial charge >= 0.3 is 5.97 Å². The molecular formula is C24H27FO4. The van der Waals surface area contributed by atoms with Crippen LogP contribution in [-0.4, -0.2) is 24.3 Å². The number of hydrogen-bond donors (Lipinski definition) is 1. The van der Waals surface area contributed by atoms with E-state index in [1.54, 1.807) is 30.4 Å². The van der Waals surface area contributed by atoms with Crippen molar-refractivity contribution in [2.45, 2.75) is 40.2 Å². The van der Waals surface area contributed by atoms with Gasteiger partial charge in [0.25, 0.3) is 0 Å². The monoisotopic (exact) mass is 398 g/mol. The van der Waals surface area contributed by atoms with Crippen molar-refractivity contribution in [3.05, 3.63) is 70.1 Å². The van der Waals surface area contributed by atoms with E-state index in [0.717, 1.165) is 11.1 Å². The van der Waals surface area contributed by atoms with E-state index in [9.17, 15) is 14.3 Å². The summed E-state index contributed by atoms with van der Waals surface area (Å²) in [5.74, 6) is -0.630. The normalized spacial score (nSPS) is 11.0. The minimum absolute atomic E-state index is 0.0686. The van der Waals surface area contributed by atoms with Crippen LogP contribution in [0.5, 0.6) is 11.5 Å². The van der Waals surface area contributed by atoms with E-state index in [0.29, 0.717) is 23.3 Å². The molecule has 0 heterocycles. The molecule has 0 amide bonds. The van der Waals surface area contributed by atoms with E-state index >= 15 is 0 Å². The van der Waals surface area contributed by atoms with Gasteiger partial charge in [-0.2, -0.15) is 0 Å². The molecule has 4 nitrogen and oxygen atoms in total. The second-order valence-corrected chi connectivity index (χ2v) is 7.19. The largest absolute Gasteiger partial charge is 0.507 e. The highest BCUT2D eigenvalue weighted by Crippen LogP contribution is 2.37. The van der Waals surface area contributed by atoms with Crippen molar-refractivity contribution < 1.29 is 23.8 Å². The van der Waals surface area contributed by atoms with Gasteiger partial charge in [0.1, 0.15) is 22.9 Å². The Hall–Kier alpha value is -3.08. The summed E-state index contributed by atoms with van der Waals surface area (Å²) in [6, 6.07) is 7.68. The Morgan fingerprint density at radius 1 is 1.17 bits per heavy atom. The van der Waals surface area contributed by atoms with Crippen molar-refractivity contribution in [1.29, 1.82) is 0 Å². The predicted molar refractivity (Wildman–Crippen MR) is 114 cm³/mol. The summed E-state index contributed by atoms with van der Waals surface area (Å²) in [7, 11) is 1.27. The minimum atomic E-state index is -0.643. The Morgan fingerprint density at radius 3 is 2.38 bits per heavy atom. The van der Waals surface area contributed by atoms with Gasteiger partial charge in [-0.1, -0.05) is 35.9 Å². The highest BCUT2D eigenvalue weighted by Gasteiger charge is 2.23. The molecule has 0 aromatic heterocycles. The third kappa shape index (κ3) is 5.95. The van der Waals surface area contributed by atoms with Crippen molar-refractivity contribution in [1.82, 2.24) is 0 Å². The summed E-state index contributed by atoms with van der Waals surface area (Å²) < 4.78 is 23.9. The van der Waals surface area contributed by atoms with Crippen LogP contribution in [0.25, 0.3) is 12.2 Å². The summed E-state index contributed by atoms with van der Waals surface area (Å²) >= 11 is 0. The lowest BCUT2D eigenvalue weighted by Crippen LogP contribution is -2.11. The number of allylic oxidation sites excluding steroid dienone is 2. The number of rotatable bonds is 7. The van der Waals surface area contributed by atoms with Gasteiger partial charge in [0.2, 0.25) is 0 Å². The SMILES string of the molecule is COC(=O)c1c(/C=C/c2ccc(F)cc2)cc(OC(C)C)c(CC=C(C)C)c1O. The molecule has 0 radical (unpaired) electrons. The lowest BCUT2D eigenvalue weighted by atomic mass is 9.97. The number of phenolic OH excluding ortho intramolecular Hbond substituents is 1. The molecular weight excluding hydrogens is 371 g/mol. The molecule has 0 aliphatic heterocycles. The molecule has 0 aliphatic rings. The Morgan fingerprint density at radius 2 is 1.83 bits per heavy atom. The first kappa shape index (κ1) is 22.2. The van der Waals surface area contributed by atoms with Gasteiger partial charge in [-0.3, -0.25) is 0 Å². The van der Waals surface area contributed by atoms with Crippen molar-refractivity contribution in [2.24, 2.45) is 0 Å². The second-order valence-electron chi connectivity index (χ2n) is 7.19. The number of hydrogen-bond acceptors (Lipinski definition) is 4. The van der Waals surface area contributed by atoms with Crippen LogP contribution < -0.4 is 4.74 Å². The van der Waals surface area contributed by atoms with Gasteiger partial charge in [0.15, 0.2) is 0 Å². The molecule has 0 saturated heterocycles. The highest BCUT2D eigenvalue weighted by atomic mass is 19.1. The van der Waals surface area contributed by atoms with Gasteiger partial charge in [-0.15, -0.1) is 0 Å². The fraction of sp³-hybridized carbons (Fsp3) is 0.292. The van der Waals surface area contributed by atoms with Crippen molar-refractivity contribution >= 4 is 18.1 Å². The molecule has 154 valence electrons. The second kappa shape index (κ2) is 9.92. The van der Waals surface area contributed by atoms with Crippen LogP contribution in [0.4, 0.5) is 4.39 Å². The fourth-order valence-electron chi connectivity index (χ4n) is 2.78. The number of halogens is 1. The van der Waals surface area contributed by atoms with Gasteiger partial charge in [-0.05, 0) is 63.4 Å². The number of aromatic hydroxyl groups is 1. The number of phenols is 1. The van der Waals surface area contributed by atoms with E-state index in [4.69, 9.17) is 9.47 Å². The molecule has 0 atom stereocenters. The highest BCUT2D eigenvalue weighted by molar-refractivity contribution is 5.98. The molecule has 2 aromatic carbocycles. The molecule has 0 unspecified atom stereocenters. The molecule has 0 fully saturated rings. The summed E-state index contributed by atoms with van der Waals surface area (Å²) in [5, 5.41) is 10.9. The Kier molecular flexibility index (Phi) is 7.59. The Bertz CT molecular complexity index is 921. The summed E-state index contributed by atoms with van der Waals surface area (Å²) in [6.45, 7) is 7.70. The topological polar surface area (TPSA) is 55.8 Å². The number of methoxy groups -OCH3 is 1. The zero-order valence-corrected chi connectivity index (χ0v) is 17.5. The lowest BCUT2D eigenvalue weighted by Gasteiger charge is -2.18. The number of ether oxygens (including phenoxy) is 2. The molecule has 2 rings (SSSR count). The van der Waals surface area contributed by atoms with Crippen LogP contribution in [0.3, 0.4) is 0 Å². The maximum atomic E-state index is 13.1. The van der Waals surface area contributed by atoms with Gasteiger partial charge < -0.3 is 14.6 Å². The van der Waals surface area contributed by atoms with E-state index in [1.807, 2.05) is 33.8 Å². The first-order valence-corrected chi connectivity index (χ1v) is 9.43. The molecule has 2 aromatic rings. The first-order chi connectivity index (χ1) is 13.7. The summed E-state index contributed by atoms with van der Waals surface area (Å²) in [4.78, 5) is 12.4. The van der Waals surface area contributed by atoms with E-state index in [2.05, 4.69) is 0 Å². The first-order valence-electron chi connectivity index (χ1n) is 9.43. The van der Waals surface area contributed by atoms with E-state index < -0.39 is 5.97 Å². The number of esters is 1. The van der Waals surface area contributed by atoms with Gasteiger partial charge in [-0.25, -0.2) is 9.18 Å². The lowest BCUT2D eigenvalue weighted by molar-refractivity contribution is 0.0597. The maximum Gasteiger partial charge on any atom is 0.342 e. The standard InChI is InChI=1S/C24H27FO4/c1-15(2)6-13-20-21(29-16(3)4)14-18(22(23(20)26)24(27)28-5)10-7-17-8-11-19(25)12-9-17/h6-12,14,16,26H,13H2,1-5H3/b10-7+. The van der Waals surface area contributed by atoms with Crippen LogP contribution in [0.1, 0.15) is 54.7 Å². The molecule has 0 aliphatic carbocycles. The number of carbonyl (C=O) groups is 1. The molecule has 0 spiro atoms. The molecule has 29 heavy (non-hydrogen) atoms. The van der Waals surface area contributed by atoms with Crippen molar-refractivity contribution in [3.8, 4) is 11.5 Å². The van der Waals surface area contributed by atoms with Crippen LogP contribution in [-0.2, 0) is 11.2 Å². The zero-order chi connectivity index (χ0) is 21.6. The average molecular weight is 398 g/mol. The zero-order valence-electron chi connectivity index (χ0n) is 17.5. The Balaban J connectivity index is 2.63. The van der Waals surface area contributed by atoms with Crippen molar-refractivity contribution in [2.75, 3.05) is 7.11 Å². The van der Waals surface area contributed by atoms with Crippen LogP contribution in [0, 0.1) is 5.82 Å². The quantitative estimate of drug-likeness (QED) is 0.365. The Labute approximate surface area is 171 Å². The van der Waals surface area contributed by atoms with Crippen LogP contribution >= 0.6 is 0 Å². The fourth-order valence-corrected chi connectivity index (χ4v) is 2.78. The van der Waals surface area contributed by atoms with Gasteiger partial charge in [0.05, 0.1) is 13.2 Å². The summed E-state index contributed by atoms with van der Waals surface area (Å²) in [5.41, 5.74) is 2.88. The third-order valence-corrected chi connectivity index (χ3v) is 4.19. The predicted octanol–water partition coefficient (Wildman–Crippen LogP) is 5.78. The number of carbonyl (C=O) groups excluding carboxylic acids is 1. The summed E-state index contributed by atoms with van der Waals surface area (Å²) in [6.07, 6.45) is 5.67. The molecule has 0 saturated carbocycles. The minimum Gasteiger partial charge on any atom is -0.507 e. The van der Waals surface area contributed by atoms with Crippen molar-refractivity contribution in [3.63, 3.8) is 0 Å². The van der Waals surface area contributed by atoms with Crippen LogP contribution in [0.2, 0.25) is 0 Å². The maximum absolute atomic E-state index is 13.1. The van der Waals surface area contributed by atoms with E-state index in [-0.39, 0.29) is 23.2 Å². The average Bonchev–Trinajstić information content (AvgIpc) is 2.66. The molecule has 1 N–H and O–H groups in total. The molecule has 0 bridgehead atoms.